The SMILES string of the molecule is Cc1ccc(NC(=O)CSc2nnc(-c3sc4ncccc4c3N)n2C[C@H]2CCCO2)cc1C. The largest absolute Gasteiger partial charge is 0.397 e. The van der Waals surface area contributed by atoms with Crippen LogP contribution in [-0.2, 0) is 16.1 Å². The van der Waals surface area contributed by atoms with Gasteiger partial charge >= 0.3 is 0 Å². The van der Waals surface area contributed by atoms with Crippen molar-refractivity contribution in [2.75, 3.05) is 23.4 Å². The molecular weight excluding hydrogens is 468 g/mol. The molecule has 5 rings (SSSR count). The van der Waals surface area contributed by atoms with Gasteiger partial charge in [-0.3, -0.25) is 9.36 Å². The number of nitrogens with zero attached hydrogens (tertiary/aromatic N) is 4. The van der Waals surface area contributed by atoms with Crippen LogP contribution in [0.2, 0.25) is 0 Å². The number of amides is 1. The van der Waals surface area contributed by atoms with Crippen molar-refractivity contribution in [2.45, 2.75) is 44.5 Å². The molecule has 1 fully saturated rings. The predicted molar refractivity (Wildman–Crippen MR) is 137 cm³/mol. The van der Waals surface area contributed by atoms with Crippen LogP contribution in [-0.4, -0.2) is 44.1 Å². The Bertz CT molecular complexity index is 1340. The molecule has 0 radical (unpaired) electrons. The van der Waals surface area contributed by atoms with Gasteiger partial charge in [0.1, 0.15) is 4.83 Å². The number of nitrogen functional groups attached to an aromatic ring is 1. The minimum absolute atomic E-state index is 0.0900. The van der Waals surface area contributed by atoms with Gasteiger partial charge in [-0.15, -0.1) is 21.5 Å². The standard InChI is InChI=1S/C24H26N6O2S2/c1-14-7-8-16(11-15(14)2)27-19(31)13-33-24-29-28-22(30(24)12-17-5-4-10-32-17)21-20(25)18-6-3-9-26-23(18)34-21/h3,6-9,11,17H,4-5,10,12-13,25H2,1-2H3,(H,27,31)/t17-/m1/s1. The summed E-state index contributed by atoms with van der Waals surface area (Å²) in [6.45, 7) is 5.46. The van der Waals surface area contributed by atoms with Gasteiger partial charge in [0.05, 0.1) is 29.0 Å². The minimum atomic E-state index is -0.0907. The van der Waals surface area contributed by atoms with Crippen LogP contribution in [0.25, 0.3) is 20.9 Å². The van der Waals surface area contributed by atoms with Gasteiger partial charge in [-0.25, -0.2) is 4.98 Å². The van der Waals surface area contributed by atoms with Crippen LogP contribution in [0.3, 0.4) is 0 Å². The summed E-state index contributed by atoms with van der Waals surface area (Å²) in [7, 11) is 0. The molecule has 4 heterocycles. The quantitative estimate of drug-likeness (QED) is 0.360. The average Bonchev–Trinajstić information content (AvgIpc) is 3.55. The van der Waals surface area contributed by atoms with Crippen molar-refractivity contribution in [2.24, 2.45) is 0 Å². The third-order valence-electron chi connectivity index (χ3n) is 5.96. The van der Waals surface area contributed by atoms with E-state index < -0.39 is 0 Å². The number of aryl methyl sites for hydroxylation is 2. The molecule has 1 aliphatic heterocycles. The molecule has 0 spiro atoms. The second kappa shape index (κ2) is 9.73. The van der Waals surface area contributed by atoms with E-state index in [4.69, 9.17) is 10.5 Å². The second-order valence-corrected chi connectivity index (χ2v) is 10.3. The van der Waals surface area contributed by atoms with Crippen LogP contribution in [0.1, 0.15) is 24.0 Å². The summed E-state index contributed by atoms with van der Waals surface area (Å²) in [6.07, 6.45) is 3.87. The number of benzene rings is 1. The molecule has 1 amide bonds. The Balaban J connectivity index is 1.39. The molecule has 0 bridgehead atoms. The lowest BCUT2D eigenvalue weighted by Crippen LogP contribution is -2.18. The van der Waals surface area contributed by atoms with Crippen molar-refractivity contribution in [3.63, 3.8) is 0 Å². The van der Waals surface area contributed by atoms with Gasteiger partial charge in [0.2, 0.25) is 5.91 Å². The number of aromatic nitrogens is 4. The van der Waals surface area contributed by atoms with Crippen LogP contribution in [0.15, 0.2) is 41.7 Å². The number of carbonyl (C=O) groups is 1. The molecule has 1 aliphatic rings. The normalized spacial score (nSPS) is 15.8. The molecule has 1 aromatic carbocycles. The highest BCUT2D eigenvalue weighted by Crippen LogP contribution is 2.40. The van der Waals surface area contributed by atoms with Crippen molar-refractivity contribution in [3.05, 3.63) is 47.7 Å². The zero-order valence-electron chi connectivity index (χ0n) is 19.1. The molecule has 34 heavy (non-hydrogen) atoms. The van der Waals surface area contributed by atoms with Crippen LogP contribution in [0.5, 0.6) is 0 Å². The Kier molecular flexibility index (Phi) is 6.53. The van der Waals surface area contributed by atoms with Crippen LogP contribution >= 0.6 is 23.1 Å². The number of hydrogen-bond donors (Lipinski definition) is 2. The number of nitrogens with one attached hydrogen (secondary N) is 1. The fourth-order valence-electron chi connectivity index (χ4n) is 3.98. The zero-order valence-corrected chi connectivity index (χ0v) is 20.7. The van der Waals surface area contributed by atoms with Crippen molar-refractivity contribution >= 4 is 50.6 Å². The number of pyridine rings is 1. The average molecular weight is 495 g/mol. The summed E-state index contributed by atoms with van der Waals surface area (Å²) >= 11 is 2.87. The summed E-state index contributed by atoms with van der Waals surface area (Å²) in [5.74, 6) is 0.820. The smallest absolute Gasteiger partial charge is 0.234 e. The van der Waals surface area contributed by atoms with Gasteiger partial charge in [0, 0.05) is 23.9 Å². The van der Waals surface area contributed by atoms with E-state index in [-0.39, 0.29) is 17.8 Å². The van der Waals surface area contributed by atoms with Crippen LogP contribution in [0.4, 0.5) is 11.4 Å². The monoisotopic (exact) mass is 494 g/mol. The van der Waals surface area contributed by atoms with Gasteiger partial charge in [-0.2, -0.15) is 0 Å². The van der Waals surface area contributed by atoms with Crippen LogP contribution < -0.4 is 11.1 Å². The lowest BCUT2D eigenvalue weighted by atomic mass is 10.1. The maximum absolute atomic E-state index is 12.6. The van der Waals surface area contributed by atoms with Crippen molar-refractivity contribution in [3.8, 4) is 10.7 Å². The fourth-order valence-corrected chi connectivity index (χ4v) is 5.79. The van der Waals surface area contributed by atoms with E-state index >= 15 is 0 Å². The third kappa shape index (κ3) is 4.66. The zero-order chi connectivity index (χ0) is 23.7. The van der Waals surface area contributed by atoms with E-state index in [0.29, 0.717) is 23.2 Å². The van der Waals surface area contributed by atoms with Crippen molar-refractivity contribution < 1.29 is 9.53 Å². The summed E-state index contributed by atoms with van der Waals surface area (Å²) in [5.41, 5.74) is 10.3. The van der Waals surface area contributed by atoms with Gasteiger partial charge in [0.25, 0.3) is 0 Å². The van der Waals surface area contributed by atoms with Gasteiger partial charge < -0.3 is 15.8 Å². The maximum atomic E-state index is 12.6. The Hall–Kier alpha value is -2.95. The lowest BCUT2D eigenvalue weighted by Gasteiger charge is -2.14. The summed E-state index contributed by atoms with van der Waals surface area (Å²) in [4.78, 5) is 18.8. The van der Waals surface area contributed by atoms with Crippen molar-refractivity contribution in [1.82, 2.24) is 19.7 Å². The highest BCUT2D eigenvalue weighted by Gasteiger charge is 2.25. The molecular formula is C24H26N6O2S2. The molecule has 1 saturated heterocycles. The first kappa shape index (κ1) is 22.8. The van der Waals surface area contributed by atoms with Crippen molar-refractivity contribution in [1.29, 1.82) is 0 Å². The number of hydrogen-bond acceptors (Lipinski definition) is 8. The molecule has 0 aliphatic carbocycles. The first-order valence-corrected chi connectivity index (χ1v) is 13.0. The topological polar surface area (TPSA) is 108 Å². The van der Waals surface area contributed by atoms with E-state index in [9.17, 15) is 4.79 Å². The maximum Gasteiger partial charge on any atom is 0.234 e. The fraction of sp³-hybridized carbons (Fsp3) is 0.333. The van der Waals surface area contributed by atoms with Crippen LogP contribution in [0, 0.1) is 13.8 Å². The summed E-state index contributed by atoms with van der Waals surface area (Å²) in [5, 5.41) is 13.5. The van der Waals surface area contributed by atoms with Gasteiger partial charge in [0.15, 0.2) is 11.0 Å². The molecule has 10 heteroatoms. The van der Waals surface area contributed by atoms with E-state index in [0.717, 1.165) is 45.8 Å². The second-order valence-electron chi connectivity index (χ2n) is 8.39. The highest BCUT2D eigenvalue weighted by molar-refractivity contribution is 7.99. The highest BCUT2D eigenvalue weighted by atomic mass is 32.2. The summed E-state index contributed by atoms with van der Waals surface area (Å²) in [6, 6.07) is 9.75. The molecule has 8 nitrogen and oxygen atoms in total. The van der Waals surface area contributed by atoms with E-state index in [2.05, 4.69) is 27.4 Å². The molecule has 176 valence electrons. The molecule has 0 unspecified atom stereocenters. The molecule has 3 N–H and O–H groups in total. The van der Waals surface area contributed by atoms with E-state index in [1.807, 2.05) is 41.8 Å². The first-order valence-electron chi connectivity index (χ1n) is 11.2. The number of fused-ring (bicyclic) bond motifs is 1. The number of nitrogens with two attached hydrogens (primary N) is 1. The number of rotatable bonds is 7. The number of thiophene rings is 1. The number of thioether (sulfide) groups is 1. The molecule has 0 saturated carbocycles. The van der Waals surface area contributed by atoms with Gasteiger partial charge in [-0.05, 0) is 62.1 Å². The molecule has 3 aromatic heterocycles. The number of anilines is 2. The van der Waals surface area contributed by atoms with E-state index in [1.54, 1.807) is 6.20 Å². The molecule has 4 aromatic rings. The lowest BCUT2D eigenvalue weighted by molar-refractivity contribution is -0.113. The number of carbonyl (C=O) groups excluding carboxylic acids is 1. The summed E-state index contributed by atoms with van der Waals surface area (Å²) < 4.78 is 7.91. The number of ether oxygens (including phenoxy) is 1. The Morgan fingerprint density at radius 2 is 2.18 bits per heavy atom. The van der Waals surface area contributed by atoms with E-state index in [1.165, 1.54) is 28.7 Å². The third-order valence-corrected chi connectivity index (χ3v) is 8.05. The van der Waals surface area contributed by atoms with Gasteiger partial charge in [-0.1, -0.05) is 17.8 Å². The predicted octanol–water partition coefficient (Wildman–Crippen LogP) is 4.66. The first-order chi connectivity index (χ1) is 16.5. The Labute approximate surface area is 205 Å². The Morgan fingerprint density at radius 1 is 1.29 bits per heavy atom. The minimum Gasteiger partial charge on any atom is -0.397 e. The Morgan fingerprint density at radius 3 is 2.94 bits per heavy atom. The molecule has 1 atom stereocenters.